The number of halogens is 3. The van der Waals surface area contributed by atoms with E-state index in [4.69, 9.17) is 5.11 Å². The van der Waals surface area contributed by atoms with Gasteiger partial charge in [-0.3, -0.25) is 4.79 Å². The van der Waals surface area contributed by atoms with E-state index in [0.29, 0.717) is 10.9 Å². The van der Waals surface area contributed by atoms with E-state index < -0.39 is 23.4 Å². The molecule has 1 aromatic heterocycles. The fraction of sp³-hybridized carbons (Fsp3) is 0.267. The minimum Gasteiger partial charge on any atom is -0.478 e. The van der Waals surface area contributed by atoms with Crippen LogP contribution in [0, 0.1) is 0 Å². The summed E-state index contributed by atoms with van der Waals surface area (Å²) in [6, 6.07) is 5.13. The Kier molecular flexibility index (Phi) is 4.63. The Bertz CT molecular complexity index is 765. The number of hydrogen-bond donors (Lipinski definition) is 2. The number of benzene rings is 1. The predicted octanol–water partition coefficient (Wildman–Crippen LogP) is 2.73. The molecule has 0 radical (unpaired) electrons. The number of amides is 1. The molecule has 0 aliphatic carbocycles. The molecule has 1 aromatic carbocycles. The maximum atomic E-state index is 13.2. The zero-order chi connectivity index (χ0) is 18.1. The molecule has 9 heteroatoms. The van der Waals surface area contributed by atoms with Gasteiger partial charge in [0.1, 0.15) is 5.56 Å². The van der Waals surface area contributed by atoms with E-state index in [1.165, 1.54) is 24.3 Å². The first-order valence-electron chi connectivity index (χ1n) is 6.91. The Balaban J connectivity index is 2.43. The molecular formula is C15H14F3N3O3. The smallest absolute Gasteiger partial charge is 0.434 e. The molecule has 128 valence electrons. The fourth-order valence-corrected chi connectivity index (χ4v) is 2.07. The van der Waals surface area contributed by atoms with Gasteiger partial charge in [0.15, 0.2) is 5.69 Å². The quantitative estimate of drug-likeness (QED) is 0.896. The summed E-state index contributed by atoms with van der Waals surface area (Å²) in [5, 5.41) is 15.0. The highest BCUT2D eigenvalue weighted by Crippen LogP contribution is 2.33. The summed E-state index contributed by atoms with van der Waals surface area (Å²) >= 11 is 0. The largest absolute Gasteiger partial charge is 0.478 e. The number of nitrogens with one attached hydrogen (secondary N) is 1. The van der Waals surface area contributed by atoms with Crippen molar-refractivity contribution in [3.8, 4) is 5.69 Å². The van der Waals surface area contributed by atoms with Gasteiger partial charge in [0.25, 0.3) is 5.91 Å². The fourth-order valence-electron chi connectivity index (χ4n) is 2.07. The molecule has 1 heterocycles. The van der Waals surface area contributed by atoms with E-state index in [2.05, 4.69) is 10.4 Å². The molecule has 0 aliphatic rings. The van der Waals surface area contributed by atoms with Crippen LogP contribution in [0.15, 0.2) is 30.5 Å². The lowest BCUT2D eigenvalue weighted by molar-refractivity contribution is -0.143. The highest BCUT2D eigenvalue weighted by molar-refractivity contribution is 5.94. The topological polar surface area (TPSA) is 84.2 Å². The molecule has 0 bridgehead atoms. The van der Waals surface area contributed by atoms with Crippen LogP contribution in [-0.2, 0) is 6.18 Å². The zero-order valence-corrected chi connectivity index (χ0v) is 12.8. The average molecular weight is 341 g/mol. The molecule has 0 saturated heterocycles. The molecule has 0 unspecified atom stereocenters. The third kappa shape index (κ3) is 3.55. The number of carboxylic acids is 1. The standard InChI is InChI=1S/C15H14F3N3O3/c1-8(2)20-13(22)9-3-5-10(6-4-9)21-12(15(16,17)18)11(7-19-21)14(23)24/h3-8H,1-2H3,(H,20,22)(H,23,24). The van der Waals surface area contributed by atoms with Crippen molar-refractivity contribution < 1.29 is 27.9 Å². The number of hydrogen-bond acceptors (Lipinski definition) is 3. The summed E-state index contributed by atoms with van der Waals surface area (Å²) in [6.45, 7) is 3.55. The normalized spacial score (nSPS) is 11.6. The Morgan fingerprint density at radius 2 is 1.79 bits per heavy atom. The number of nitrogens with zero attached hydrogens (tertiary/aromatic N) is 2. The maximum absolute atomic E-state index is 13.2. The Morgan fingerprint density at radius 3 is 2.25 bits per heavy atom. The van der Waals surface area contributed by atoms with Crippen LogP contribution >= 0.6 is 0 Å². The highest BCUT2D eigenvalue weighted by Gasteiger charge is 2.40. The lowest BCUT2D eigenvalue weighted by Gasteiger charge is -2.12. The van der Waals surface area contributed by atoms with Crippen molar-refractivity contribution >= 4 is 11.9 Å². The summed E-state index contributed by atoms with van der Waals surface area (Å²) in [5.41, 5.74) is -2.05. The monoisotopic (exact) mass is 341 g/mol. The van der Waals surface area contributed by atoms with Crippen molar-refractivity contribution in [3.05, 3.63) is 47.3 Å². The number of carbonyl (C=O) groups excluding carboxylic acids is 1. The summed E-state index contributed by atoms with van der Waals surface area (Å²) in [7, 11) is 0. The molecule has 0 fully saturated rings. The second-order valence-corrected chi connectivity index (χ2v) is 5.30. The number of carboxylic acid groups (broad SMARTS) is 1. The molecule has 2 aromatic rings. The average Bonchev–Trinajstić information content (AvgIpc) is 2.92. The van der Waals surface area contributed by atoms with Crippen molar-refractivity contribution in [3.63, 3.8) is 0 Å². The van der Waals surface area contributed by atoms with Crippen LogP contribution in [0.25, 0.3) is 5.69 Å². The van der Waals surface area contributed by atoms with E-state index >= 15 is 0 Å². The maximum Gasteiger partial charge on any atom is 0.434 e. The van der Waals surface area contributed by atoms with E-state index in [1.54, 1.807) is 13.8 Å². The molecule has 0 saturated carbocycles. The first kappa shape index (κ1) is 17.5. The van der Waals surface area contributed by atoms with Crippen LogP contribution in [0.4, 0.5) is 13.2 Å². The van der Waals surface area contributed by atoms with Crippen LogP contribution < -0.4 is 5.32 Å². The Labute approximate surface area is 134 Å². The molecule has 2 N–H and O–H groups in total. The molecule has 2 rings (SSSR count). The van der Waals surface area contributed by atoms with Gasteiger partial charge < -0.3 is 10.4 Å². The van der Waals surface area contributed by atoms with E-state index in [-0.39, 0.29) is 23.2 Å². The van der Waals surface area contributed by atoms with Gasteiger partial charge >= 0.3 is 12.1 Å². The lowest BCUT2D eigenvalue weighted by atomic mass is 10.1. The van der Waals surface area contributed by atoms with Crippen molar-refractivity contribution in [2.45, 2.75) is 26.1 Å². The Hall–Kier alpha value is -2.84. The van der Waals surface area contributed by atoms with Gasteiger partial charge in [0, 0.05) is 11.6 Å². The van der Waals surface area contributed by atoms with Gasteiger partial charge in [-0.2, -0.15) is 18.3 Å². The molecule has 24 heavy (non-hydrogen) atoms. The van der Waals surface area contributed by atoms with Crippen molar-refractivity contribution in [1.29, 1.82) is 0 Å². The number of alkyl halides is 3. The second-order valence-electron chi connectivity index (χ2n) is 5.30. The van der Waals surface area contributed by atoms with Crippen LogP contribution in [0.5, 0.6) is 0 Å². The second kappa shape index (κ2) is 6.34. The zero-order valence-electron chi connectivity index (χ0n) is 12.8. The van der Waals surface area contributed by atoms with Crippen LogP contribution in [0.1, 0.15) is 40.3 Å². The predicted molar refractivity (Wildman–Crippen MR) is 78.1 cm³/mol. The van der Waals surface area contributed by atoms with Gasteiger partial charge in [-0.05, 0) is 38.1 Å². The third-order valence-electron chi connectivity index (χ3n) is 3.06. The summed E-state index contributed by atoms with van der Waals surface area (Å²) < 4.78 is 39.9. The summed E-state index contributed by atoms with van der Waals surface area (Å²) in [6.07, 6.45) is -4.25. The van der Waals surface area contributed by atoms with Crippen molar-refractivity contribution in [1.82, 2.24) is 15.1 Å². The SMILES string of the molecule is CC(C)NC(=O)c1ccc(-n2ncc(C(=O)O)c2C(F)(F)F)cc1. The van der Waals surface area contributed by atoms with E-state index in [0.717, 1.165) is 0 Å². The van der Waals surface area contributed by atoms with Crippen LogP contribution in [-0.4, -0.2) is 32.8 Å². The third-order valence-corrected chi connectivity index (χ3v) is 3.06. The molecule has 0 atom stereocenters. The first-order chi connectivity index (χ1) is 11.1. The van der Waals surface area contributed by atoms with Crippen LogP contribution in [0.2, 0.25) is 0 Å². The molecule has 1 amide bonds. The minimum atomic E-state index is -4.89. The number of carbonyl (C=O) groups is 2. The van der Waals surface area contributed by atoms with Gasteiger partial charge in [-0.15, -0.1) is 0 Å². The van der Waals surface area contributed by atoms with Gasteiger partial charge in [0.2, 0.25) is 0 Å². The number of aromatic carboxylic acids is 1. The van der Waals surface area contributed by atoms with E-state index in [1.807, 2.05) is 0 Å². The van der Waals surface area contributed by atoms with E-state index in [9.17, 15) is 22.8 Å². The van der Waals surface area contributed by atoms with Gasteiger partial charge in [-0.25, -0.2) is 9.48 Å². The van der Waals surface area contributed by atoms with Gasteiger partial charge in [0.05, 0.1) is 11.9 Å². The number of aromatic nitrogens is 2. The number of rotatable bonds is 4. The van der Waals surface area contributed by atoms with Crippen molar-refractivity contribution in [2.75, 3.05) is 0 Å². The summed E-state index contributed by atoms with van der Waals surface area (Å²) in [5.74, 6) is -2.08. The highest BCUT2D eigenvalue weighted by atomic mass is 19.4. The summed E-state index contributed by atoms with van der Waals surface area (Å²) in [4.78, 5) is 22.8. The first-order valence-corrected chi connectivity index (χ1v) is 6.91. The lowest BCUT2D eigenvalue weighted by Crippen LogP contribution is -2.30. The van der Waals surface area contributed by atoms with Gasteiger partial charge in [-0.1, -0.05) is 0 Å². The Morgan fingerprint density at radius 1 is 1.21 bits per heavy atom. The van der Waals surface area contributed by atoms with Crippen molar-refractivity contribution in [2.24, 2.45) is 0 Å². The minimum absolute atomic E-state index is 0.00378. The molecule has 0 spiro atoms. The molecule has 6 nitrogen and oxygen atoms in total. The van der Waals surface area contributed by atoms with Crippen LogP contribution in [0.3, 0.4) is 0 Å². The molecular weight excluding hydrogens is 327 g/mol. The molecule has 0 aliphatic heterocycles.